The van der Waals surface area contributed by atoms with Gasteiger partial charge in [-0.2, -0.15) is 0 Å². The van der Waals surface area contributed by atoms with E-state index in [1.54, 1.807) is 0 Å². The number of hydrogen-bond acceptors (Lipinski definition) is 3. The molecule has 0 atom stereocenters. The lowest BCUT2D eigenvalue weighted by Gasteiger charge is -2.36. The molecule has 11 rings (SSSR count). The Bertz CT molecular complexity index is 3480. The summed E-state index contributed by atoms with van der Waals surface area (Å²) in [7, 11) is -3.09. The average Bonchev–Trinajstić information content (AvgIpc) is 3.88. The predicted octanol–water partition coefficient (Wildman–Crippen LogP) is 15.2. The van der Waals surface area contributed by atoms with Crippen LogP contribution in [0.2, 0.25) is 0 Å². The Balaban J connectivity index is 1.06. The van der Waals surface area contributed by atoms with Gasteiger partial charge in [-0.25, -0.2) is 0 Å². The van der Waals surface area contributed by atoms with E-state index in [1.165, 1.54) is 37.8 Å². The molecule has 68 heavy (non-hydrogen) atoms. The van der Waals surface area contributed by atoms with Crippen LogP contribution < -0.4 is 25.4 Å². The summed E-state index contributed by atoms with van der Waals surface area (Å²) in [5.74, 6) is 0. The van der Waals surface area contributed by atoms with E-state index in [0.29, 0.717) is 0 Å². The van der Waals surface area contributed by atoms with Crippen molar-refractivity contribution in [3.8, 4) is 11.1 Å². The van der Waals surface area contributed by atoms with Crippen LogP contribution in [-0.2, 0) is 5.41 Å². The van der Waals surface area contributed by atoms with Gasteiger partial charge in [-0.05, 0) is 124 Å². The van der Waals surface area contributed by atoms with Crippen molar-refractivity contribution < 1.29 is 4.42 Å². The number of fused-ring (bicyclic) bond motifs is 6. The zero-order valence-electron chi connectivity index (χ0n) is 38.7. The lowest BCUT2D eigenvalue weighted by Crippen LogP contribution is -2.68. The van der Waals surface area contributed by atoms with Crippen molar-refractivity contribution in [1.82, 2.24) is 0 Å². The maximum absolute atomic E-state index is 6.28. The highest BCUT2D eigenvalue weighted by Gasteiger charge is 2.42. The minimum atomic E-state index is -3.09. The van der Waals surface area contributed by atoms with Crippen molar-refractivity contribution >= 4 is 74.0 Å². The number of hydrogen-bond donors (Lipinski definition) is 0. The summed E-state index contributed by atoms with van der Waals surface area (Å²) in [4.78, 5) is 4.75. The summed E-state index contributed by atoms with van der Waals surface area (Å²) >= 11 is 0. The van der Waals surface area contributed by atoms with Crippen LogP contribution in [0, 0.1) is 0 Å². The standard InChI is InChI=1S/C64H52N2OSi/c1-5-47(65(48-23-10-6-11-24-48)51-40-42-63-59(44-51)58-34-19-21-36-62(58)67-63)38-37-46(2)68(53-28-14-8-15-29-53,54-30-16-9-17-31-54)55-32-22-27-50(43-55)66(49-25-12-7-13-26-49)52-39-41-57-56-33-18-20-35-60(56)64(3,4)61(57)45-52/h5-45H,2H2,1,3-4H3/b38-37-,47-5+. The Morgan fingerprint density at radius 1 is 0.456 bits per heavy atom. The molecular weight excluding hydrogens is 841 g/mol. The molecule has 328 valence electrons. The number of furan rings is 1. The van der Waals surface area contributed by atoms with E-state index in [9.17, 15) is 0 Å². The van der Waals surface area contributed by atoms with Crippen LogP contribution >= 0.6 is 0 Å². The summed E-state index contributed by atoms with van der Waals surface area (Å²) in [6.07, 6.45) is 6.73. The van der Waals surface area contributed by atoms with Gasteiger partial charge in [-0.3, -0.25) is 0 Å². The van der Waals surface area contributed by atoms with E-state index in [4.69, 9.17) is 11.0 Å². The van der Waals surface area contributed by atoms with Crippen molar-refractivity contribution in [3.63, 3.8) is 0 Å². The largest absolute Gasteiger partial charge is 0.456 e. The fourth-order valence-corrected chi connectivity index (χ4v) is 15.2. The van der Waals surface area contributed by atoms with Gasteiger partial charge in [0.05, 0.1) is 0 Å². The minimum Gasteiger partial charge on any atom is -0.456 e. The topological polar surface area (TPSA) is 19.6 Å². The molecule has 0 aliphatic heterocycles. The third-order valence-electron chi connectivity index (χ3n) is 13.9. The third kappa shape index (κ3) is 7.22. The second-order valence-corrected chi connectivity index (χ2v) is 22.0. The van der Waals surface area contributed by atoms with E-state index in [1.807, 2.05) is 12.1 Å². The fourth-order valence-electron chi connectivity index (χ4n) is 10.7. The maximum atomic E-state index is 6.28. The quantitative estimate of drug-likeness (QED) is 0.0692. The first kappa shape index (κ1) is 42.5. The Morgan fingerprint density at radius 2 is 1.00 bits per heavy atom. The molecule has 0 fully saturated rings. The lowest BCUT2D eigenvalue weighted by atomic mass is 9.82. The number of para-hydroxylation sites is 3. The van der Waals surface area contributed by atoms with E-state index in [-0.39, 0.29) is 5.41 Å². The number of benzene rings is 9. The van der Waals surface area contributed by atoms with E-state index in [2.05, 4.69) is 267 Å². The summed E-state index contributed by atoms with van der Waals surface area (Å²) in [5, 5.41) is 7.03. The Kier molecular flexibility index (Phi) is 11.0. The van der Waals surface area contributed by atoms with Crippen LogP contribution in [0.4, 0.5) is 28.4 Å². The van der Waals surface area contributed by atoms with E-state index < -0.39 is 8.07 Å². The highest BCUT2D eigenvalue weighted by Crippen LogP contribution is 2.50. The summed E-state index contributed by atoms with van der Waals surface area (Å²) < 4.78 is 6.28. The van der Waals surface area contributed by atoms with E-state index >= 15 is 0 Å². The molecule has 1 heterocycles. The smallest absolute Gasteiger partial charge is 0.179 e. The van der Waals surface area contributed by atoms with Gasteiger partial charge < -0.3 is 14.2 Å². The first-order valence-electron chi connectivity index (χ1n) is 23.5. The first-order valence-corrected chi connectivity index (χ1v) is 25.5. The molecule has 4 heteroatoms. The highest BCUT2D eigenvalue weighted by molar-refractivity contribution is 7.16. The van der Waals surface area contributed by atoms with Gasteiger partial charge in [0.25, 0.3) is 0 Å². The summed E-state index contributed by atoms with van der Waals surface area (Å²) in [5.41, 5.74) is 13.4. The van der Waals surface area contributed by atoms with Gasteiger partial charge in [0.15, 0.2) is 8.07 Å². The number of nitrogens with zero attached hydrogens (tertiary/aromatic N) is 2. The molecule has 10 aromatic rings. The van der Waals surface area contributed by atoms with Crippen LogP contribution in [-0.4, -0.2) is 8.07 Å². The average molecular weight is 893 g/mol. The second-order valence-electron chi connectivity index (χ2n) is 18.1. The van der Waals surface area contributed by atoms with Crippen molar-refractivity contribution in [2.24, 2.45) is 0 Å². The van der Waals surface area contributed by atoms with Gasteiger partial charge in [0, 0.05) is 50.3 Å². The molecule has 1 aromatic heterocycles. The Hall–Kier alpha value is -8.18. The molecule has 0 unspecified atom stereocenters. The number of anilines is 5. The fraction of sp³-hybridized carbons (Fsp3) is 0.0625. The molecule has 0 radical (unpaired) electrons. The molecule has 1 aliphatic carbocycles. The molecule has 1 aliphatic rings. The van der Waals surface area contributed by atoms with Gasteiger partial charge in [0.2, 0.25) is 0 Å². The van der Waals surface area contributed by atoms with Crippen LogP contribution in [0.1, 0.15) is 31.9 Å². The molecule has 0 bridgehead atoms. The molecule has 3 nitrogen and oxygen atoms in total. The minimum absolute atomic E-state index is 0.138. The zero-order valence-corrected chi connectivity index (χ0v) is 39.7. The molecule has 0 spiro atoms. The Labute approximate surface area is 400 Å². The van der Waals surface area contributed by atoms with Crippen molar-refractivity contribution in [1.29, 1.82) is 0 Å². The summed E-state index contributed by atoms with van der Waals surface area (Å²) in [6.45, 7) is 11.9. The molecule has 9 aromatic carbocycles. The number of allylic oxidation sites excluding steroid dienone is 4. The van der Waals surface area contributed by atoms with Crippen molar-refractivity contribution in [3.05, 3.63) is 277 Å². The lowest BCUT2D eigenvalue weighted by molar-refractivity contribution is 0.660. The maximum Gasteiger partial charge on any atom is 0.179 e. The van der Waals surface area contributed by atoms with Gasteiger partial charge >= 0.3 is 0 Å². The van der Waals surface area contributed by atoms with Crippen molar-refractivity contribution in [2.45, 2.75) is 26.2 Å². The Morgan fingerprint density at radius 3 is 1.71 bits per heavy atom. The summed E-state index contributed by atoms with van der Waals surface area (Å²) in [6, 6.07) is 83.4. The van der Waals surface area contributed by atoms with Gasteiger partial charge in [0.1, 0.15) is 11.2 Å². The van der Waals surface area contributed by atoms with Crippen LogP contribution in [0.15, 0.2) is 271 Å². The second kappa shape index (κ2) is 17.6. The SMILES string of the molecule is C=C(/C=C\C(=C/C)N(c1ccccc1)c1ccc2oc3ccccc3c2c1)[Si](c1ccccc1)(c1ccccc1)c1cccc(N(c2ccccc2)c2ccc3c(c2)C(C)(C)c2ccccc2-3)c1. The molecule has 0 saturated carbocycles. The van der Waals surface area contributed by atoms with Crippen LogP contribution in [0.3, 0.4) is 0 Å². The highest BCUT2D eigenvalue weighted by atomic mass is 28.3. The van der Waals surface area contributed by atoms with Crippen LogP contribution in [0.25, 0.3) is 33.1 Å². The zero-order chi connectivity index (χ0) is 46.2. The monoisotopic (exact) mass is 892 g/mol. The van der Waals surface area contributed by atoms with E-state index in [0.717, 1.165) is 61.3 Å². The normalized spacial score (nSPS) is 13.1. The third-order valence-corrected chi connectivity index (χ3v) is 18.6. The van der Waals surface area contributed by atoms with Gasteiger partial charge in [-0.1, -0.05) is 196 Å². The molecule has 0 saturated heterocycles. The number of rotatable bonds is 12. The van der Waals surface area contributed by atoms with Gasteiger partial charge in [-0.15, -0.1) is 0 Å². The molecular formula is C64H52N2OSi. The molecule has 0 amide bonds. The van der Waals surface area contributed by atoms with Crippen LogP contribution in [0.5, 0.6) is 0 Å². The predicted molar refractivity (Wildman–Crippen MR) is 291 cm³/mol. The molecule has 0 N–H and O–H groups in total. The van der Waals surface area contributed by atoms with Crippen molar-refractivity contribution in [2.75, 3.05) is 9.80 Å². The first-order chi connectivity index (χ1) is 33.4.